The first-order chi connectivity index (χ1) is 9.60. The summed E-state index contributed by atoms with van der Waals surface area (Å²) in [6.07, 6.45) is 0.909. The Kier molecular flexibility index (Phi) is 5.91. The van der Waals surface area contributed by atoms with Gasteiger partial charge >= 0.3 is 0 Å². The van der Waals surface area contributed by atoms with Crippen LogP contribution in [0, 0.1) is 0 Å². The van der Waals surface area contributed by atoms with Gasteiger partial charge in [0.15, 0.2) is 0 Å². The highest BCUT2D eigenvalue weighted by Crippen LogP contribution is 2.32. The summed E-state index contributed by atoms with van der Waals surface area (Å²) in [5.41, 5.74) is 3.28. The Labute approximate surface area is 138 Å². The Hall–Kier alpha value is -0.540. The molecular formula is C16H15BrCl2O. The quantitative estimate of drug-likeness (QED) is 0.618. The predicted molar refractivity (Wildman–Crippen MR) is 88.9 cm³/mol. The number of ether oxygens (including phenoxy) is 1. The first kappa shape index (κ1) is 15.8. The number of hydrogen-bond donors (Lipinski definition) is 0. The minimum atomic E-state index is -0.207. The fourth-order valence-corrected chi connectivity index (χ4v) is 3.14. The van der Waals surface area contributed by atoms with Gasteiger partial charge in [-0.3, -0.25) is 0 Å². The van der Waals surface area contributed by atoms with Crippen LogP contribution in [-0.4, -0.2) is 13.7 Å². The number of methoxy groups -OCH3 is 1. The molecule has 0 fully saturated rings. The first-order valence-corrected chi connectivity index (χ1v) is 7.88. The van der Waals surface area contributed by atoms with Gasteiger partial charge < -0.3 is 4.74 Å². The SMILES string of the molecule is COCCc1ccc(C(Cl)c2cc(Cl)cc(Br)c2)cc1. The summed E-state index contributed by atoms with van der Waals surface area (Å²) in [5.74, 6) is 0. The maximum Gasteiger partial charge on any atom is 0.0836 e. The zero-order valence-electron chi connectivity index (χ0n) is 11.1. The van der Waals surface area contributed by atoms with Crippen LogP contribution in [0.3, 0.4) is 0 Å². The lowest BCUT2D eigenvalue weighted by Gasteiger charge is -2.12. The van der Waals surface area contributed by atoms with Crippen molar-refractivity contribution < 1.29 is 4.74 Å². The van der Waals surface area contributed by atoms with E-state index in [1.54, 1.807) is 7.11 Å². The lowest BCUT2D eigenvalue weighted by atomic mass is 10.0. The number of hydrogen-bond acceptors (Lipinski definition) is 1. The second-order valence-corrected chi connectivity index (χ2v) is 6.34. The number of benzene rings is 2. The maximum absolute atomic E-state index is 6.53. The van der Waals surface area contributed by atoms with Crippen molar-refractivity contribution >= 4 is 39.1 Å². The summed E-state index contributed by atoms with van der Waals surface area (Å²) < 4.78 is 6.01. The van der Waals surface area contributed by atoms with Gasteiger partial charge in [-0.05, 0) is 41.3 Å². The lowest BCUT2D eigenvalue weighted by Crippen LogP contribution is -1.97. The molecule has 2 rings (SSSR count). The number of alkyl halides is 1. The van der Waals surface area contributed by atoms with Crippen LogP contribution in [0.1, 0.15) is 22.1 Å². The monoisotopic (exact) mass is 372 g/mol. The Balaban J connectivity index is 2.17. The molecule has 0 spiro atoms. The molecule has 1 nitrogen and oxygen atoms in total. The van der Waals surface area contributed by atoms with E-state index in [0.29, 0.717) is 5.02 Å². The van der Waals surface area contributed by atoms with Gasteiger partial charge in [-0.25, -0.2) is 0 Å². The second kappa shape index (κ2) is 7.46. The molecule has 0 N–H and O–H groups in total. The van der Waals surface area contributed by atoms with E-state index >= 15 is 0 Å². The zero-order valence-corrected chi connectivity index (χ0v) is 14.2. The van der Waals surface area contributed by atoms with E-state index in [1.165, 1.54) is 5.56 Å². The molecule has 2 aromatic carbocycles. The molecule has 1 atom stereocenters. The van der Waals surface area contributed by atoms with E-state index in [4.69, 9.17) is 27.9 Å². The Bertz CT molecular complexity index is 549. The summed E-state index contributed by atoms with van der Waals surface area (Å²) in [6.45, 7) is 0.727. The van der Waals surface area contributed by atoms with Gasteiger partial charge in [0, 0.05) is 16.6 Å². The molecule has 20 heavy (non-hydrogen) atoms. The van der Waals surface area contributed by atoms with Gasteiger partial charge in [0.05, 0.1) is 12.0 Å². The Morgan fingerprint density at radius 1 is 1.10 bits per heavy atom. The average Bonchev–Trinajstić information content (AvgIpc) is 2.44. The molecule has 0 saturated heterocycles. The third-order valence-electron chi connectivity index (χ3n) is 3.04. The highest BCUT2D eigenvalue weighted by atomic mass is 79.9. The van der Waals surface area contributed by atoms with Crippen molar-refractivity contribution in [3.8, 4) is 0 Å². The van der Waals surface area contributed by atoms with Crippen molar-refractivity contribution in [2.24, 2.45) is 0 Å². The van der Waals surface area contributed by atoms with Crippen molar-refractivity contribution in [2.45, 2.75) is 11.8 Å². The molecule has 2 aromatic rings. The van der Waals surface area contributed by atoms with E-state index in [0.717, 1.165) is 28.6 Å². The van der Waals surface area contributed by atoms with Crippen LogP contribution in [0.15, 0.2) is 46.9 Å². The summed E-state index contributed by atoms with van der Waals surface area (Å²) >= 11 is 16.0. The molecule has 4 heteroatoms. The Morgan fingerprint density at radius 3 is 2.40 bits per heavy atom. The molecule has 0 heterocycles. The van der Waals surface area contributed by atoms with Gasteiger partial charge in [-0.1, -0.05) is 51.8 Å². The Morgan fingerprint density at radius 2 is 1.80 bits per heavy atom. The maximum atomic E-state index is 6.53. The smallest absolute Gasteiger partial charge is 0.0836 e. The van der Waals surface area contributed by atoms with Crippen LogP contribution >= 0.6 is 39.1 Å². The van der Waals surface area contributed by atoms with E-state index in [2.05, 4.69) is 40.2 Å². The minimum Gasteiger partial charge on any atom is -0.384 e. The highest BCUT2D eigenvalue weighted by Gasteiger charge is 2.12. The predicted octanol–water partition coefficient (Wildman–Crippen LogP) is 5.62. The molecule has 0 amide bonds. The summed E-state index contributed by atoms with van der Waals surface area (Å²) in [6, 6.07) is 14.0. The van der Waals surface area contributed by atoms with E-state index in [1.807, 2.05) is 18.2 Å². The average molecular weight is 374 g/mol. The molecule has 0 aliphatic heterocycles. The second-order valence-electron chi connectivity index (χ2n) is 4.55. The molecule has 0 saturated carbocycles. The third-order valence-corrected chi connectivity index (χ3v) is 4.22. The summed E-state index contributed by atoms with van der Waals surface area (Å²) in [5, 5.41) is 0.471. The van der Waals surface area contributed by atoms with E-state index in [-0.39, 0.29) is 5.38 Å². The first-order valence-electron chi connectivity index (χ1n) is 6.28. The fraction of sp³-hybridized carbons (Fsp3) is 0.250. The molecule has 0 bridgehead atoms. The zero-order chi connectivity index (χ0) is 14.5. The van der Waals surface area contributed by atoms with Crippen LogP contribution in [0.2, 0.25) is 5.02 Å². The van der Waals surface area contributed by atoms with Crippen molar-refractivity contribution in [3.63, 3.8) is 0 Å². The van der Waals surface area contributed by atoms with Crippen LogP contribution in [0.25, 0.3) is 0 Å². The van der Waals surface area contributed by atoms with Crippen LogP contribution in [0.5, 0.6) is 0 Å². The van der Waals surface area contributed by atoms with Gasteiger partial charge in [-0.15, -0.1) is 11.6 Å². The molecule has 0 radical (unpaired) electrons. The van der Waals surface area contributed by atoms with Crippen molar-refractivity contribution in [2.75, 3.05) is 13.7 Å². The standard InChI is InChI=1S/C16H15BrCl2O/c1-20-7-6-11-2-4-12(5-3-11)16(19)13-8-14(17)10-15(18)9-13/h2-5,8-10,16H,6-7H2,1H3. The molecule has 0 aliphatic carbocycles. The number of rotatable bonds is 5. The summed E-state index contributed by atoms with van der Waals surface area (Å²) in [7, 11) is 1.71. The largest absolute Gasteiger partial charge is 0.384 e. The molecule has 0 aromatic heterocycles. The fourth-order valence-electron chi connectivity index (χ4n) is 1.99. The molecule has 1 unspecified atom stereocenters. The van der Waals surface area contributed by atoms with Crippen molar-refractivity contribution in [1.29, 1.82) is 0 Å². The topological polar surface area (TPSA) is 9.23 Å². The van der Waals surface area contributed by atoms with E-state index < -0.39 is 0 Å². The van der Waals surface area contributed by atoms with Gasteiger partial charge in [0.25, 0.3) is 0 Å². The molecular weight excluding hydrogens is 359 g/mol. The summed E-state index contributed by atoms with van der Waals surface area (Å²) in [4.78, 5) is 0. The highest BCUT2D eigenvalue weighted by molar-refractivity contribution is 9.10. The van der Waals surface area contributed by atoms with Crippen LogP contribution in [-0.2, 0) is 11.2 Å². The molecule has 0 aliphatic rings. The van der Waals surface area contributed by atoms with Crippen molar-refractivity contribution in [3.05, 3.63) is 68.7 Å². The van der Waals surface area contributed by atoms with Gasteiger partial charge in [0.1, 0.15) is 0 Å². The number of halogens is 3. The van der Waals surface area contributed by atoms with E-state index in [9.17, 15) is 0 Å². The third kappa shape index (κ3) is 4.23. The van der Waals surface area contributed by atoms with Crippen LogP contribution < -0.4 is 0 Å². The van der Waals surface area contributed by atoms with Gasteiger partial charge in [0.2, 0.25) is 0 Å². The minimum absolute atomic E-state index is 0.207. The molecule has 106 valence electrons. The van der Waals surface area contributed by atoms with Crippen molar-refractivity contribution in [1.82, 2.24) is 0 Å². The normalized spacial score (nSPS) is 12.4. The lowest BCUT2D eigenvalue weighted by molar-refractivity contribution is 0.202. The van der Waals surface area contributed by atoms with Gasteiger partial charge in [-0.2, -0.15) is 0 Å². The van der Waals surface area contributed by atoms with Crippen LogP contribution in [0.4, 0.5) is 0 Å².